The minimum atomic E-state index is -1.20. The molecule has 0 spiro atoms. The maximum atomic E-state index is 13.6. The van der Waals surface area contributed by atoms with Crippen molar-refractivity contribution in [3.8, 4) is 24.7 Å². The molecule has 7 heteroatoms. The third kappa shape index (κ3) is 12.6. The van der Waals surface area contributed by atoms with E-state index in [2.05, 4.69) is 43.2 Å². The molecule has 39 heavy (non-hydrogen) atoms. The number of nitrogens with one attached hydrogen (secondary N) is 2. The summed E-state index contributed by atoms with van der Waals surface area (Å²) in [6.07, 6.45) is 21.6. The first-order valence-corrected chi connectivity index (χ1v) is 16.0. The Morgan fingerprint density at radius 1 is 0.846 bits per heavy atom. The summed E-state index contributed by atoms with van der Waals surface area (Å²) in [5.41, 5.74) is 0. The number of aliphatic hydroxyl groups excluding tert-OH is 2. The summed E-state index contributed by atoms with van der Waals surface area (Å²) in [7, 11) is 0. The molecule has 2 aliphatic rings. The molecule has 0 aromatic heterocycles. The SMILES string of the molecule is C#CC[C@H](NC(=O)[C@@H](CSC(C)(C)C)CC1CCCCC1)C(=O)N[C@@H](CC1CCCCC1)[C@@H](O)[C@@H](O)CC#C. The van der Waals surface area contributed by atoms with Crippen LogP contribution in [0.1, 0.15) is 111 Å². The van der Waals surface area contributed by atoms with E-state index in [4.69, 9.17) is 12.8 Å². The summed E-state index contributed by atoms with van der Waals surface area (Å²) in [5.74, 6) is 5.74. The van der Waals surface area contributed by atoms with Crippen LogP contribution in [0.15, 0.2) is 0 Å². The van der Waals surface area contributed by atoms with Gasteiger partial charge in [-0.1, -0.05) is 85.0 Å². The van der Waals surface area contributed by atoms with Gasteiger partial charge in [0.05, 0.1) is 12.1 Å². The summed E-state index contributed by atoms with van der Waals surface area (Å²) in [5, 5.41) is 27.2. The lowest BCUT2D eigenvalue weighted by Crippen LogP contribution is -2.55. The summed E-state index contributed by atoms with van der Waals surface area (Å²) >= 11 is 1.77. The molecule has 220 valence electrons. The predicted octanol–water partition coefficient (Wildman–Crippen LogP) is 4.81. The number of hydrogen-bond acceptors (Lipinski definition) is 5. The van der Waals surface area contributed by atoms with Crippen molar-refractivity contribution in [1.82, 2.24) is 10.6 Å². The number of thioether (sulfide) groups is 1. The number of carbonyl (C=O) groups is 2. The minimum Gasteiger partial charge on any atom is -0.389 e. The Labute approximate surface area is 241 Å². The van der Waals surface area contributed by atoms with Crippen LogP contribution in [0.2, 0.25) is 0 Å². The zero-order chi connectivity index (χ0) is 28.8. The fourth-order valence-corrected chi connectivity index (χ4v) is 6.89. The van der Waals surface area contributed by atoms with Gasteiger partial charge in [0.2, 0.25) is 11.8 Å². The first-order valence-electron chi connectivity index (χ1n) is 15.0. The van der Waals surface area contributed by atoms with Gasteiger partial charge in [-0.05, 0) is 24.7 Å². The second-order valence-corrected chi connectivity index (χ2v) is 14.5. The molecule has 0 aromatic carbocycles. The number of rotatable bonds is 14. The van der Waals surface area contributed by atoms with Crippen molar-refractivity contribution in [3.05, 3.63) is 0 Å². The lowest BCUT2D eigenvalue weighted by atomic mass is 9.82. The van der Waals surface area contributed by atoms with Gasteiger partial charge in [0.15, 0.2) is 0 Å². The second-order valence-electron chi connectivity index (χ2n) is 12.7. The Morgan fingerprint density at radius 3 is 1.90 bits per heavy atom. The van der Waals surface area contributed by atoms with Crippen LogP contribution in [0.5, 0.6) is 0 Å². The molecule has 6 nitrogen and oxygen atoms in total. The van der Waals surface area contributed by atoms with Crippen molar-refractivity contribution in [3.63, 3.8) is 0 Å². The highest BCUT2D eigenvalue weighted by molar-refractivity contribution is 8.00. The first-order chi connectivity index (χ1) is 18.5. The predicted molar refractivity (Wildman–Crippen MR) is 161 cm³/mol. The first kappa shape index (κ1) is 33.5. The molecule has 2 rings (SSSR count). The highest BCUT2D eigenvalue weighted by Crippen LogP contribution is 2.33. The second kappa shape index (κ2) is 17.2. The van der Waals surface area contributed by atoms with Crippen LogP contribution in [0.25, 0.3) is 0 Å². The van der Waals surface area contributed by atoms with Crippen molar-refractivity contribution in [2.75, 3.05) is 5.75 Å². The molecule has 5 atom stereocenters. The average molecular weight is 561 g/mol. The fourth-order valence-electron chi connectivity index (χ4n) is 5.90. The zero-order valence-electron chi connectivity index (χ0n) is 24.4. The maximum absolute atomic E-state index is 13.6. The third-order valence-electron chi connectivity index (χ3n) is 8.16. The van der Waals surface area contributed by atoms with Crippen LogP contribution in [-0.2, 0) is 9.59 Å². The summed E-state index contributed by atoms with van der Waals surface area (Å²) in [6, 6.07) is -1.57. The van der Waals surface area contributed by atoms with Gasteiger partial charge in [-0.25, -0.2) is 0 Å². The zero-order valence-corrected chi connectivity index (χ0v) is 25.2. The van der Waals surface area contributed by atoms with Gasteiger partial charge in [0.1, 0.15) is 12.1 Å². The van der Waals surface area contributed by atoms with Gasteiger partial charge >= 0.3 is 0 Å². The Kier molecular flexibility index (Phi) is 14.8. The van der Waals surface area contributed by atoms with E-state index in [0.717, 1.165) is 44.9 Å². The van der Waals surface area contributed by atoms with Crippen LogP contribution >= 0.6 is 11.8 Å². The van der Waals surface area contributed by atoms with E-state index in [9.17, 15) is 19.8 Å². The molecule has 2 amide bonds. The molecular weight excluding hydrogens is 508 g/mol. The normalized spacial score (nSPS) is 21.0. The average Bonchev–Trinajstić information content (AvgIpc) is 2.90. The highest BCUT2D eigenvalue weighted by Gasteiger charge is 2.34. The van der Waals surface area contributed by atoms with Gasteiger partial charge in [-0.15, -0.1) is 24.7 Å². The van der Waals surface area contributed by atoms with Crippen molar-refractivity contribution in [2.45, 2.75) is 140 Å². The Hall–Kier alpha value is -1.67. The van der Waals surface area contributed by atoms with Crippen LogP contribution in [-0.4, -0.2) is 56.8 Å². The quantitative estimate of drug-likeness (QED) is 0.229. The summed E-state index contributed by atoms with van der Waals surface area (Å²) in [6.45, 7) is 6.44. The maximum Gasteiger partial charge on any atom is 0.243 e. The lowest BCUT2D eigenvalue weighted by Gasteiger charge is -2.33. The molecule has 2 saturated carbocycles. The molecule has 0 radical (unpaired) electrons. The molecule has 4 N–H and O–H groups in total. The van der Waals surface area contributed by atoms with Crippen molar-refractivity contribution >= 4 is 23.6 Å². The van der Waals surface area contributed by atoms with E-state index in [0.29, 0.717) is 24.0 Å². The molecule has 0 bridgehead atoms. The summed E-state index contributed by atoms with van der Waals surface area (Å²) in [4.78, 5) is 27.0. The molecule has 2 fully saturated rings. The topological polar surface area (TPSA) is 98.7 Å². The molecule has 0 heterocycles. The third-order valence-corrected chi connectivity index (χ3v) is 9.59. The minimum absolute atomic E-state index is 0.00296. The molecular formula is C32H52N2O4S. The van der Waals surface area contributed by atoms with E-state index < -0.39 is 30.2 Å². The number of aliphatic hydroxyl groups is 2. The number of hydrogen-bond donors (Lipinski definition) is 4. The van der Waals surface area contributed by atoms with Crippen LogP contribution in [0, 0.1) is 42.4 Å². The van der Waals surface area contributed by atoms with E-state index in [1.165, 1.54) is 25.7 Å². The van der Waals surface area contributed by atoms with Gasteiger partial charge in [-0.3, -0.25) is 9.59 Å². The Bertz CT molecular complexity index is 831. The van der Waals surface area contributed by atoms with E-state index in [1.807, 2.05) is 0 Å². The Balaban J connectivity index is 2.13. The molecule has 0 unspecified atom stereocenters. The van der Waals surface area contributed by atoms with Crippen LogP contribution < -0.4 is 10.6 Å². The van der Waals surface area contributed by atoms with E-state index in [-0.39, 0.29) is 29.4 Å². The lowest BCUT2D eigenvalue weighted by molar-refractivity contribution is -0.132. The van der Waals surface area contributed by atoms with Gasteiger partial charge in [-0.2, -0.15) is 11.8 Å². The summed E-state index contributed by atoms with van der Waals surface area (Å²) < 4.78 is 0.0301. The standard InChI is InChI=1S/C32H52N2O4S/c1-6-14-26(33-30(37)25(22-39-32(3,4)5)20-23-16-10-8-11-17-23)31(38)34-27(29(36)28(35)15-7-2)21-24-18-12-9-13-19-24/h1-2,23-29,35-36H,8-22H2,3-5H3,(H,33,37)(H,34,38)/t25-,26+,27+,28+,29-/m1/s1. The van der Waals surface area contributed by atoms with E-state index >= 15 is 0 Å². The van der Waals surface area contributed by atoms with Gasteiger partial charge in [0.25, 0.3) is 0 Å². The molecule has 0 saturated heterocycles. The van der Waals surface area contributed by atoms with Gasteiger partial charge in [0, 0.05) is 29.3 Å². The molecule has 2 aliphatic carbocycles. The molecule has 0 aromatic rings. The fraction of sp³-hybridized carbons (Fsp3) is 0.812. The van der Waals surface area contributed by atoms with Gasteiger partial charge < -0.3 is 20.8 Å². The van der Waals surface area contributed by atoms with E-state index in [1.54, 1.807) is 11.8 Å². The Morgan fingerprint density at radius 2 is 1.38 bits per heavy atom. The molecule has 0 aliphatic heterocycles. The smallest absolute Gasteiger partial charge is 0.243 e. The monoisotopic (exact) mass is 560 g/mol. The van der Waals surface area contributed by atoms with Crippen LogP contribution in [0.4, 0.5) is 0 Å². The largest absolute Gasteiger partial charge is 0.389 e. The van der Waals surface area contributed by atoms with Crippen molar-refractivity contribution in [2.24, 2.45) is 17.8 Å². The number of amides is 2. The number of terminal acetylenes is 2. The van der Waals surface area contributed by atoms with Crippen molar-refractivity contribution < 1.29 is 19.8 Å². The highest BCUT2D eigenvalue weighted by atomic mass is 32.2. The van der Waals surface area contributed by atoms with Crippen molar-refractivity contribution in [1.29, 1.82) is 0 Å². The number of carbonyl (C=O) groups excluding carboxylic acids is 2. The van der Waals surface area contributed by atoms with Crippen LogP contribution in [0.3, 0.4) is 0 Å².